The van der Waals surface area contributed by atoms with Crippen LogP contribution in [-0.4, -0.2) is 65.2 Å². The SMILES string of the molecule is CCC(C(=O)NC)N(Cc1cccc(OC)c1)C(=O)CCCN(c1ccccc1OC)S(C)(=O)=O. The molecule has 0 spiro atoms. The standard InChI is InChI=1S/C25H35N3O6S/c1-6-21(25(30)26-2)27(18-19-11-9-12-20(17-19)33-3)24(29)15-10-16-28(35(5,31)32)22-13-7-8-14-23(22)34-4/h7-9,11-14,17,21H,6,10,15-16,18H2,1-5H3,(H,26,30). The second-order valence-electron chi connectivity index (χ2n) is 8.02. The number of sulfonamides is 1. The molecule has 0 saturated heterocycles. The molecule has 2 amide bonds. The second-order valence-corrected chi connectivity index (χ2v) is 9.93. The average Bonchev–Trinajstić information content (AvgIpc) is 2.85. The summed E-state index contributed by atoms with van der Waals surface area (Å²) in [6.07, 6.45) is 1.89. The summed E-state index contributed by atoms with van der Waals surface area (Å²) in [5, 5.41) is 2.63. The molecular formula is C25H35N3O6S. The molecule has 0 radical (unpaired) electrons. The van der Waals surface area contributed by atoms with Gasteiger partial charge in [0.05, 0.1) is 26.2 Å². The molecule has 2 rings (SSSR count). The first kappa shape index (κ1) is 28.0. The largest absolute Gasteiger partial charge is 0.497 e. The van der Waals surface area contributed by atoms with E-state index in [1.807, 2.05) is 31.2 Å². The number of likely N-dealkylation sites (N-methyl/N-ethyl adjacent to an activating group) is 1. The van der Waals surface area contributed by atoms with Crippen molar-refractivity contribution in [3.8, 4) is 11.5 Å². The van der Waals surface area contributed by atoms with Crippen molar-refractivity contribution in [2.45, 2.75) is 38.8 Å². The molecule has 2 aromatic rings. The molecule has 0 aliphatic heterocycles. The van der Waals surface area contributed by atoms with Crippen molar-refractivity contribution in [3.05, 3.63) is 54.1 Å². The van der Waals surface area contributed by atoms with Gasteiger partial charge in [-0.25, -0.2) is 8.42 Å². The van der Waals surface area contributed by atoms with Gasteiger partial charge in [0, 0.05) is 26.6 Å². The third kappa shape index (κ3) is 7.61. The van der Waals surface area contributed by atoms with E-state index in [9.17, 15) is 18.0 Å². The minimum Gasteiger partial charge on any atom is -0.497 e. The molecule has 192 valence electrons. The number of hydrogen-bond acceptors (Lipinski definition) is 6. The van der Waals surface area contributed by atoms with Gasteiger partial charge in [-0.1, -0.05) is 31.2 Å². The predicted molar refractivity (Wildman–Crippen MR) is 136 cm³/mol. The van der Waals surface area contributed by atoms with Gasteiger partial charge < -0.3 is 19.7 Å². The number of hydrogen-bond donors (Lipinski definition) is 1. The first-order valence-corrected chi connectivity index (χ1v) is 13.3. The smallest absolute Gasteiger partial charge is 0.242 e. The molecule has 0 aromatic heterocycles. The van der Waals surface area contributed by atoms with Crippen LogP contribution in [0.2, 0.25) is 0 Å². The fourth-order valence-corrected chi connectivity index (χ4v) is 4.84. The lowest BCUT2D eigenvalue weighted by atomic mass is 10.1. The van der Waals surface area contributed by atoms with Crippen molar-refractivity contribution in [1.29, 1.82) is 0 Å². The van der Waals surface area contributed by atoms with Gasteiger partial charge in [-0.15, -0.1) is 0 Å². The Balaban J connectivity index is 2.23. The average molecular weight is 506 g/mol. The van der Waals surface area contributed by atoms with Gasteiger partial charge in [0.2, 0.25) is 21.8 Å². The fraction of sp³-hybridized carbons (Fsp3) is 0.440. The third-order valence-electron chi connectivity index (χ3n) is 5.63. The molecular weight excluding hydrogens is 470 g/mol. The first-order valence-electron chi connectivity index (χ1n) is 11.4. The number of benzene rings is 2. The summed E-state index contributed by atoms with van der Waals surface area (Å²) in [6.45, 7) is 2.16. The van der Waals surface area contributed by atoms with Crippen LogP contribution in [0, 0.1) is 0 Å². The highest BCUT2D eigenvalue weighted by Gasteiger charge is 2.28. The third-order valence-corrected chi connectivity index (χ3v) is 6.81. The Morgan fingerprint density at radius 2 is 1.77 bits per heavy atom. The number of amides is 2. The quantitative estimate of drug-likeness (QED) is 0.449. The molecule has 0 aliphatic carbocycles. The van der Waals surface area contributed by atoms with Crippen molar-refractivity contribution < 1.29 is 27.5 Å². The highest BCUT2D eigenvalue weighted by atomic mass is 32.2. The lowest BCUT2D eigenvalue weighted by Crippen LogP contribution is -2.48. The number of ether oxygens (including phenoxy) is 2. The van der Waals surface area contributed by atoms with Crippen LogP contribution in [0.3, 0.4) is 0 Å². The number of methoxy groups -OCH3 is 2. The molecule has 2 aromatic carbocycles. The van der Waals surface area contributed by atoms with Crippen molar-refractivity contribution in [2.24, 2.45) is 0 Å². The molecule has 9 nitrogen and oxygen atoms in total. The zero-order chi connectivity index (χ0) is 26.0. The number of para-hydroxylation sites is 2. The number of nitrogens with zero attached hydrogens (tertiary/aromatic N) is 2. The van der Waals surface area contributed by atoms with E-state index in [0.29, 0.717) is 23.6 Å². The maximum absolute atomic E-state index is 13.3. The van der Waals surface area contributed by atoms with E-state index in [0.717, 1.165) is 11.8 Å². The van der Waals surface area contributed by atoms with E-state index in [2.05, 4.69) is 5.32 Å². The van der Waals surface area contributed by atoms with Crippen LogP contribution in [0.25, 0.3) is 0 Å². The Bertz CT molecular complexity index is 1110. The Labute approximate surface area is 208 Å². The summed E-state index contributed by atoms with van der Waals surface area (Å²) in [6, 6.07) is 13.5. The minimum atomic E-state index is -3.61. The lowest BCUT2D eigenvalue weighted by molar-refractivity contribution is -0.141. The van der Waals surface area contributed by atoms with Crippen LogP contribution in [0.15, 0.2) is 48.5 Å². The first-order chi connectivity index (χ1) is 16.7. The van der Waals surface area contributed by atoms with Gasteiger partial charge in [-0.2, -0.15) is 0 Å². The zero-order valence-electron chi connectivity index (χ0n) is 21.0. The zero-order valence-corrected chi connectivity index (χ0v) is 21.8. The van der Waals surface area contributed by atoms with Crippen LogP contribution < -0.4 is 19.1 Å². The van der Waals surface area contributed by atoms with Gasteiger partial charge in [0.25, 0.3) is 0 Å². The summed E-state index contributed by atoms with van der Waals surface area (Å²) in [4.78, 5) is 27.4. The van der Waals surface area contributed by atoms with Gasteiger partial charge in [0.1, 0.15) is 17.5 Å². The number of carbonyl (C=O) groups excluding carboxylic acids is 2. The highest BCUT2D eigenvalue weighted by Crippen LogP contribution is 2.30. The number of anilines is 1. The summed E-state index contributed by atoms with van der Waals surface area (Å²) in [5.74, 6) is 0.588. The van der Waals surface area contributed by atoms with E-state index in [-0.39, 0.29) is 37.7 Å². The molecule has 0 heterocycles. The van der Waals surface area contributed by atoms with Crippen molar-refractivity contribution >= 4 is 27.5 Å². The van der Waals surface area contributed by atoms with Crippen molar-refractivity contribution in [3.63, 3.8) is 0 Å². The second kappa shape index (κ2) is 13.0. The van der Waals surface area contributed by atoms with Gasteiger partial charge in [-0.05, 0) is 42.7 Å². The minimum absolute atomic E-state index is 0.0681. The van der Waals surface area contributed by atoms with E-state index < -0.39 is 16.1 Å². The molecule has 10 heteroatoms. The fourth-order valence-electron chi connectivity index (χ4n) is 3.87. The Morgan fingerprint density at radius 3 is 2.37 bits per heavy atom. The number of nitrogens with one attached hydrogen (secondary N) is 1. The summed E-state index contributed by atoms with van der Waals surface area (Å²) in [5.41, 5.74) is 1.24. The topological polar surface area (TPSA) is 105 Å². The molecule has 0 fully saturated rings. The monoisotopic (exact) mass is 505 g/mol. The Morgan fingerprint density at radius 1 is 1.06 bits per heavy atom. The van der Waals surface area contributed by atoms with E-state index >= 15 is 0 Å². The van der Waals surface area contributed by atoms with Crippen molar-refractivity contribution in [2.75, 3.05) is 38.4 Å². The summed E-state index contributed by atoms with van der Waals surface area (Å²) < 4.78 is 36.8. The van der Waals surface area contributed by atoms with Crippen LogP contribution in [-0.2, 0) is 26.2 Å². The maximum atomic E-state index is 13.3. The maximum Gasteiger partial charge on any atom is 0.242 e. The molecule has 1 unspecified atom stereocenters. The van der Waals surface area contributed by atoms with E-state index in [1.54, 1.807) is 36.3 Å². The molecule has 1 N–H and O–H groups in total. The van der Waals surface area contributed by atoms with Crippen LogP contribution in [0.4, 0.5) is 5.69 Å². The molecule has 0 saturated carbocycles. The van der Waals surface area contributed by atoms with Crippen molar-refractivity contribution in [1.82, 2.24) is 10.2 Å². The number of rotatable bonds is 13. The Hall–Kier alpha value is -3.27. The predicted octanol–water partition coefficient (Wildman–Crippen LogP) is 2.80. The highest BCUT2D eigenvalue weighted by molar-refractivity contribution is 7.92. The lowest BCUT2D eigenvalue weighted by Gasteiger charge is -2.31. The molecule has 0 bridgehead atoms. The van der Waals surface area contributed by atoms with Crippen LogP contribution >= 0.6 is 0 Å². The van der Waals surface area contributed by atoms with Crippen LogP contribution in [0.1, 0.15) is 31.7 Å². The molecule has 35 heavy (non-hydrogen) atoms. The molecule has 1 atom stereocenters. The van der Waals surface area contributed by atoms with E-state index in [4.69, 9.17) is 9.47 Å². The summed E-state index contributed by atoms with van der Waals surface area (Å²) >= 11 is 0. The van der Waals surface area contributed by atoms with Gasteiger partial charge in [-0.3, -0.25) is 13.9 Å². The van der Waals surface area contributed by atoms with E-state index in [1.165, 1.54) is 18.5 Å². The Kier molecular flexibility index (Phi) is 10.4. The molecule has 0 aliphatic rings. The number of carbonyl (C=O) groups is 2. The summed E-state index contributed by atoms with van der Waals surface area (Å²) in [7, 11) is 0.966. The normalized spacial score (nSPS) is 11.9. The van der Waals surface area contributed by atoms with Gasteiger partial charge >= 0.3 is 0 Å². The van der Waals surface area contributed by atoms with Gasteiger partial charge in [0.15, 0.2) is 0 Å². The van der Waals surface area contributed by atoms with Crippen LogP contribution in [0.5, 0.6) is 11.5 Å².